The fraction of sp³-hybridized carbons (Fsp3) is 0.682. The number of anilines is 1. The summed E-state index contributed by atoms with van der Waals surface area (Å²) in [5.74, 6) is -2.17. The highest BCUT2D eigenvalue weighted by Gasteiger charge is 2.62. The molecule has 0 spiro atoms. The van der Waals surface area contributed by atoms with Gasteiger partial charge in [0.15, 0.2) is 29.2 Å². The number of halogens is 3. The van der Waals surface area contributed by atoms with E-state index in [0.29, 0.717) is 0 Å². The minimum Gasteiger partial charge on any atom is -0.462 e. The van der Waals surface area contributed by atoms with Crippen LogP contribution in [0.4, 0.5) is 19.1 Å². The normalized spacial score (nSPS) is 24.8. The molecule has 2 aromatic heterocycles. The van der Waals surface area contributed by atoms with E-state index in [-0.39, 0.29) is 17.1 Å². The van der Waals surface area contributed by atoms with Crippen LogP contribution in [0.15, 0.2) is 11.1 Å². The number of nitrogens with one attached hydrogen (secondary N) is 3. The van der Waals surface area contributed by atoms with Crippen molar-refractivity contribution in [1.29, 1.82) is 0 Å². The highest BCUT2D eigenvalue weighted by molar-refractivity contribution is 7.54. The number of imidazole rings is 1. The third kappa shape index (κ3) is 7.27. The first-order chi connectivity index (χ1) is 19.5. The molecular weight excluding hydrogens is 594 g/mol. The molecular formula is C22H33F3N7O9P. The largest absolute Gasteiger partial charge is 0.462 e. The highest BCUT2D eigenvalue weighted by atomic mass is 31.2. The van der Waals surface area contributed by atoms with Crippen molar-refractivity contribution in [3.63, 3.8) is 0 Å². The topological polar surface area (TPSA) is 222 Å². The number of carbonyl (C=O) groups excluding carboxylic acids is 2. The van der Waals surface area contributed by atoms with E-state index in [1.54, 1.807) is 27.7 Å². The van der Waals surface area contributed by atoms with Crippen LogP contribution in [-0.2, 0) is 32.9 Å². The van der Waals surface area contributed by atoms with Crippen LogP contribution < -0.4 is 21.5 Å². The van der Waals surface area contributed by atoms with Gasteiger partial charge in [0.25, 0.3) is 12.0 Å². The maximum atomic E-state index is 15.4. The molecule has 1 saturated heterocycles. The zero-order valence-electron chi connectivity index (χ0n) is 23.2. The van der Waals surface area contributed by atoms with Crippen molar-refractivity contribution in [3.8, 4) is 0 Å². The van der Waals surface area contributed by atoms with Crippen LogP contribution in [0.25, 0.3) is 11.2 Å². The summed E-state index contributed by atoms with van der Waals surface area (Å²) in [6.45, 7) is 5.28. The number of nitrogens with zero attached hydrogens (tertiary/aromatic N) is 3. The molecule has 20 heteroatoms. The first kappa shape index (κ1) is 33.4. The Balaban J connectivity index is 1.90. The lowest BCUT2D eigenvalue weighted by atomic mass is 9.97. The minimum absolute atomic E-state index is 0.311. The number of H-pyrrole nitrogens is 1. The summed E-state index contributed by atoms with van der Waals surface area (Å²) in [5, 5.41) is 15.1. The predicted octanol–water partition coefficient (Wildman–Crippen LogP) is 0.529. The zero-order chi connectivity index (χ0) is 31.6. The van der Waals surface area contributed by atoms with Crippen LogP contribution in [0.5, 0.6) is 0 Å². The number of alkyl halides is 3. The zero-order valence-corrected chi connectivity index (χ0v) is 24.1. The molecule has 1 aliphatic rings. The fourth-order valence-corrected chi connectivity index (χ4v) is 5.52. The molecule has 2 aromatic rings. The van der Waals surface area contributed by atoms with Gasteiger partial charge in [-0.2, -0.15) is 4.98 Å². The molecule has 236 valence electrons. The van der Waals surface area contributed by atoms with Crippen molar-refractivity contribution in [2.24, 2.45) is 0 Å². The van der Waals surface area contributed by atoms with Gasteiger partial charge in [-0.15, -0.1) is 0 Å². The van der Waals surface area contributed by atoms with Gasteiger partial charge in [0, 0.05) is 0 Å². The Morgan fingerprint density at radius 1 is 1.26 bits per heavy atom. The van der Waals surface area contributed by atoms with E-state index in [4.69, 9.17) is 24.5 Å². The molecule has 3 heterocycles. The lowest BCUT2D eigenvalue weighted by molar-refractivity contribution is -0.191. The minimum atomic E-state index is -4.63. The number of aromatic amines is 1. The lowest BCUT2D eigenvalue weighted by Crippen LogP contribution is -2.52. The first-order valence-electron chi connectivity index (χ1n) is 12.7. The van der Waals surface area contributed by atoms with Crippen molar-refractivity contribution < 1.29 is 51.2 Å². The van der Waals surface area contributed by atoms with Gasteiger partial charge in [-0.1, -0.05) is 0 Å². The smallest absolute Gasteiger partial charge is 0.342 e. The van der Waals surface area contributed by atoms with E-state index in [1.165, 1.54) is 6.92 Å². The maximum absolute atomic E-state index is 15.4. The number of esters is 2. The summed E-state index contributed by atoms with van der Waals surface area (Å²) in [4.78, 5) is 46.2. The van der Waals surface area contributed by atoms with E-state index >= 15 is 4.39 Å². The molecule has 16 nitrogen and oxygen atoms in total. The van der Waals surface area contributed by atoms with Crippen molar-refractivity contribution in [2.45, 2.75) is 83.4 Å². The average molecular weight is 628 g/mol. The van der Waals surface area contributed by atoms with E-state index in [1.807, 2.05) is 0 Å². The molecule has 6 unspecified atom stereocenters. The predicted molar refractivity (Wildman–Crippen MR) is 139 cm³/mol. The third-order valence-electron chi connectivity index (χ3n) is 5.85. The quantitative estimate of drug-likeness (QED) is 0.151. The summed E-state index contributed by atoms with van der Waals surface area (Å²) in [7, 11) is -4.63. The molecule has 6 atom stereocenters. The second kappa shape index (κ2) is 13.0. The number of rotatable bonds is 13. The number of ether oxygens (including phenoxy) is 3. The Hall–Kier alpha value is -3.09. The van der Waals surface area contributed by atoms with Crippen molar-refractivity contribution >= 4 is 36.7 Å². The molecule has 6 N–H and O–H groups in total. The number of fused-ring (bicyclic) bond motifs is 1. The van der Waals surface area contributed by atoms with E-state index in [0.717, 1.165) is 10.9 Å². The van der Waals surface area contributed by atoms with E-state index in [2.05, 4.69) is 25.1 Å². The summed E-state index contributed by atoms with van der Waals surface area (Å²) < 4.78 is 79.4. The second-order valence-electron chi connectivity index (χ2n) is 9.96. The molecule has 0 bridgehead atoms. The Morgan fingerprint density at radius 3 is 2.50 bits per heavy atom. The molecule has 0 aromatic carbocycles. The monoisotopic (exact) mass is 627 g/mol. The molecule has 1 fully saturated rings. The Kier molecular flexibility index (Phi) is 10.4. The van der Waals surface area contributed by atoms with Gasteiger partial charge in [-0.3, -0.25) is 28.5 Å². The number of nitrogen functional groups attached to an aromatic ring is 1. The second-order valence-corrected chi connectivity index (χ2v) is 11.9. The van der Waals surface area contributed by atoms with Crippen LogP contribution >= 0.6 is 7.67 Å². The van der Waals surface area contributed by atoms with E-state index < -0.39 is 87.1 Å². The summed E-state index contributed by atoms with van der Waals surface area (Å²) in [5.41, 5.74) is 0.968. The van der Waals surface area contributed by atoms with Crippen LogP contribution in [0.1, 0.15) is 40.8 Å². The van der Waals surface area contributed by atoms with Crippen LogP contribution in [0.3, 0.4) is 0 Å². The van der Waals surface area contributed by atoms with Gasteiger partial charge in [-0.25, -0.2) is 28.3 Å². The van der Waals surface area contributed by atoms with Crippen LogP contribution in [0, 0.1) is 0 Å². The number of aliphatic hydroxyl groups excluding tert-OH is 1. The highest BCUT2D eigenvalue weighted by Crippen LogP contribution is 2.47. The number of hydrogen-bond acceptors (Lipinski definition) is 12. The molecule has 0 saturated carbocycles. The van der Waals surface area contributed by atoms with Crippen molar-refractivity contribution in [2.75, 3.05) is 18.9 Å². The van der Waals surface area contributed by atoms with Gasteiger partial charge < -0.3 is 29.6 Å². The maximum Gasteiger partial charge on any atom is 0.342 e. The van der Waals surface area contributed by atoms with Crippen molar-refractivity contribution in [3.05, 3.63) is 16.7 Å². The molecule has 0 radical (unpaired) electrons. The Labute approximate surface area is 237 Å². The summed E-state index contributed by atoms with van der Waals surface area (Å²) in [6.07, 6.45) is -11.0. The Morgan fingerprint density at radius 2 is 1.90 bits per heavy atom. The first-order valence-corrected chi connectivity index (χ1v) is 14.3. The van der Waals surface area contributed by atoms with Crippen LogP contribution in [-0.4, -0.2) is 92.3 Å². The standard InChI is InChI=1S/C22H33F3N7O9P/c1-9(2)39-12(33)6-28-42(37,31-11(5)19(36)40-10(3)4)38-7-22(20(24)25)15(34)13(23)18(41-22)32-8-27-14-16(32)29-21(26)30-17(14)35/h8-11,13,15,18,20,34H,6-7H2,1-5H3,(H2,28,31,37)(H3,26,29,30,35). The molecule has 0 aliphatic carbocycles. The molecule has 0 amide bonds. The molecule has 42 heavy (non-hydrogen) atoms. The van der Waals surface area contributed by atoms with E-state index in [9.17, 15) is 32.8 Å². The van der Waals surface area contributed by atoms with Gasteiger partial charge in [0.05, 0.1) is 25.1 Å². The van der Waals surface area contributed by atoms with Gasteiger partial charge in [0.2, 0.25) is 5.95 Å². The van der Waals surface area contributed by atoms with Gasteiger partial charge >= 0.3 is 19.6 Å². The third-order valence-corrected chi connectivity index (χ3v) is 7.64. The number of aromatic nitrogens is 4. The van der Waals surface area contributed by atoms with Crippen molar-refractivity contribution in [1.82, 2.24) is 29.7 Å². The number of hydrogen-bond donors (Lipinski definition) is 5. The number of carbonyl (C=O) groups is 2. The van der Waals surface area contributed by atoms with Crippen LogP contribution in [0.2, 0.25) is 0 Å². The summed E-state index contributed by atoms with van der Waals surface area (Å²) >= 11 is 0. The fourth-order valence-electron chi connectivity index (χ4n) is 3.92. The average Bonchev–Trinajstić information content (AvgIpc) is 3.40. The number of nitrogens with two attached hydrogens (primary N) is 1. The van der Waals surface area contributed by atoms with Gasteiger partial charge in [0.1, 0.15) is 18.7 Å². The molecule has 3 rings (SSSR count). The SMILES string of the molecule is CC(C)OC(=O)CNP(=O)(NC(C)C(=O)OC(C)C)OCC1(C(F)F)OC(n2cnc3c(=O)[nH]c(N)nc32)C(F)C1O. The summed E-state index contributed by atoms with van der Waals surface area (Å²) in [6, 6.07) is -1.35. The molecule has 1 aliphatic heterocycles. The van der Waals surface area contributed by atoms with Gasteiger partial charge in [-0.05, 0) is 34.6 Å². The Bertz CT molecular complexity index is 1390. The lowest BCUT2D eigenvalue weighted by Gasteiger charge is -2.33. The number of aliphatic hydroxyl groups is 1.